The third-order valence-electron chi connectivity index (χ3n) is 6.08. The molecule has 5 rings (SSSR count). The van der Waals surface area contributed by atoms with Gasteiger partial charge in [0.05, 0.1) is 13.2 Å². The van der Waals surface area contributed by atoms with Crippen molar-refractivity contribution in [3.63, 3.8) is 0 Å². The second kappa shape index (κ2) is 13.3. The molecule has 2 unspecified atom stereocenters. The average molecular weight is 619 g/mol. The Morgan fingerprint density at radius 3 is 1.66 bits per heavy atom. The fourth-order valence-electron chi connectivity index (χ4n) is 3.67. The van der Waals surface area contributed by atoms with Crippen LogP contribution in [0.3, 0.4) is 0 Å². The zero-order valence-corrected chi connectivity index (χ0v) is 22.6. The average Bonchev–Trinajstić information content (AvgIpc) is 3.90. The maximum absolute atomic E-state index is 14.2. The topological polar surface area (TPSA) is 96.1 Å². The van der Waals surface area contributed by atoms with E-state index in [4.69, 9.17) is 28.4 Å². The van der Waals surface area contributed by atoms with Gasteiger partial charge in [0.15, 0.2) is 23.1 Å². The largest absolute Gasteiger partial charge is 0.488 e. The number of ether oxygens (including phenoxy) is 6. The van der Waals surface area contributed by atoms with E-state index in [9.17, 15) is 31.5 Å². The molecule has 13 heteroatoms. The second-order valence-corrected chi connectivity index (χ2v) is 9.58. The fraction of sp³-hybridized carbons (Fsp3) is 0.226. The van der Waals surface area contributed by atoms with Gasteiger partial charge in [-0.05, 0) is 65.7 Å². The third kappa shape index (κ3) is 8.88. The van der Waals surface area contributed by atoms with E-state index in [1.807, 2.05) is 0 Å². The molecule has 0 N–H and O–H groups in total. The van der Waals surface area contributed by atoms with Crippen molar-refractivity contribution in [2.24, 2.45) is 0 Å². The van der Waals surface area contributed by atoms with Crippen LogP contribution in [0.2, 0.25) is 0 Å². The Hall–Kier alpha value is -4.75. The Kier molecular flexibility index (Phi) is 9.26. The van der Waals surface area contributed by atoms with E-state index in [0.717, 1.165) is 42.5 Å². The summed E-state index contributed by atoms with van der Waals surface area (Å²) in [4.78, 5) is 24.5. The smallest absolute Gasteiger partial charge is 0.420 e. The number of benzene rings is 3. The zero-order chi connectivity index (χ0) is 31.3. The van der Waals surface area contributed by atoms with E-state index < -0.39 is 46.8 Å². The minimum Gasteiger partial charge on any atom is -0.488 e. The van der Waals surface area contributed by atoms with Gasteiger partial charge in [-0.15, -0.1) is 0 Å². The summed E-state index contributed by atoms with van der Waals surface area (Å²) in [6.45, 7) is 1.49. The molecule has 2 atom stereocenters. The van der Waals surface area contributed by atoms with Crippen LogP contribution in [-0.4, -0.2) is 50.6 Å². The maximum Gasteiger partial charge on any atom is 0.420 e. The van der Waals surface area contributed by atoms with Gasteiger partial charge >= 0.3 is 18.1 Å². The second-order valence-electron chi connectivity index (χ2n) is 9.58. The number of rotatable bonds is 12. The number of halogens is 5. The lowest BCUT2D eigenvalue weighted by atomic mass is 10.1. The summed E-state index contributed by atoms with van der Waals surface area (Å²) < 4.78 is 100.0. The van der Waals surface area contributed by atoms with Crippen LogP contribution in [0, 0.1) is 11.6 Å². The lowest BCUT2D eigenvalue weighted by molar-refractivity contribution is -0.141. The zero-order valence-electron chi connectivity index (χ0n) is 22.6. The van der Waals surface area contributed by atoms with Crippen LogP contribution in [-0.2, 0) is 25.2 Å². The molecule has 44 heavy (non-hydrogen) atoms. The minimum atomic E-state index is -4.98. The lowest BCUT2D eigenvalue weighted by Gasteiger charge is -2.13. The first kappa shape index (κ1) is 30.7. The van der Waals surface area contributed by atoms with Crippen LogP contribution >= 0.6 is 0 Å². The van der Waals surface area contributed by atoms with Crippen molar-refractivity contribution in [3.8, 4) is 23.0 Å². The van der Waals surface area contributed by atoms with Gasteiger partial charge in [0.2, 0.25) is 0 Å². The van der Waals surface area contributed by atoms with E-state index in [1.54, 1.807) is 0 Å². The number of esters is 2. The van der Waals surface area contributed by atoms with E-state index in [2.05, 4.69) is 0 Å². The van der Waals surface area contributed by atoms with Gasteiger partial charge in [-0.2, -0.15) is 13.2 Å². The van der Waals surface area contributed by atoms with Crippen molar-refractivity contribution < 1.29 is 60.0 Å². The highest BCUT2D eigenvalue weighted by Crippen LogP contribution is 2.38. The predicted octanol–water partition coefficient (Wildman–Crippen LogP) is 5.78. The van der Waals surface area contributed by atoms with Gasteiger partial charge in [0.1, 0.15) is 42.5 Å². The van der Waals surface area contributed by atoms with Gasteiger partial charge in [-0.1, -0.05) is 12.1 Å². The molecule has 0 spiro atoms. The molecule has 0 saturated carbocycles. The Morgan fingerprint density at radius 1 is 0.727 bits per heavy atom. The molecule has 230 valence electrons. The minimum absolute atomic E-state index is 0.00416. The van der Waals surface area contributed by atoms with E-state index in [-0.39, 0.29) is 48.0 Å². The van der Waals surface area contributed by atoms with Crippen molar-refractivity contribution in [1.29, 1.82) is 0 Å². The molecule has 2 fully saturated rings. The van der Waals surface area contributed by atoms with Gasteiger partial charge in [-0.3, -0.25) is 0 Å². The van der Waals surface area contributed by atoms with Crippen LogP contribution < -0.4 is 18.9 Å². The highest BCUT2D eigenvalue weighted by Gasteiger charge is 2.35. The Balaban J connectivity index is 1.19. The number of hydrogen-bond donors (Lipinski definition) is 0. The summed E-state index contributed by atoms with van der Waals surface area (Å²) in [6.07, 6.45) is -1.01. The van der Waals surface area contributed by atoms with Crippen LogP contribution in [0.25, 0.3) is 12.2 Å². The molecule has 2 aliphatic rings. The van der Waals surface area contributed by atoms with Crippen LogP contribution in [0.5, 0.6) is 23.0 Å². The molecule has 3 aromatic rings. The molecular formula is C31H23F5O8. The molecule has 8 nitrogen and oxygen atoms in total. The van der Waals surface area contributed by atoms with Gasteiger partial charge in [0.25, 0.3) is 0 Å². The van der Waals surface area contributed by atoms with Crippen LogP contribution in [0.1, 0.15) is 16.7 Å². The Labute approximate surface area is 247 Å². The Bertz CT molecular complexity index is 1590. The number of carbonyl (C=O) groups excluding carboxylic acids is 2. The van der Waals surface area contributed by atoms with E-state index >= 15 is 0 Å². The van der Waals surface area contributed by atoms with Crippen molar-refractivity contribution in [3.05, 3.63) is 95.1 Å². The first-order valence-corrected chi connectivity index (χ1v) is 13.1. The molecule has 2 heterocycles. The Morgan fingerprint density at radius 2 is 1.20 bits per heavy atom. The number of epoxide rings is 2. The molecule has 0 bridgehead atoms. The highest BCUT2D eigenvalue weighted by molar-refractivity contribution is 5.90. The fourth-order valence-corrected chi connectivity index (χ4v) is 3.67. The molecule has 3 aromatic carbocycles. The molecule has 2 saturated heterocycles. The first-order chi connectivity index (χ1) is 21.0. The van der Waals surface area contributed by atoms with E-state index in [0.29, 0.717) is 19.3 Å². The summed E-state index contributed by atoms with van der Waals surface area (Å²) >= 11 is 0. The normalized spacial score (nSPS) is 17.5. The summed E-state index contributed by atoms with van der Waals surface area (Å²) in [5.41, 5.74) is -0.872. The van der Waals surface area contributed by atoms with Crippen molar-refractivity contribution in [2.45, 2.75) is 18.4 Å². The summed E-state index contributed by atoms with van der Waals surface area (Å²) in [5.74, 6) is -4.91. The maximum atomic E-state index is 14.2. The lowest BCUT2D eigenvalue weighted by Crippen LogP contribution is -2.13. The molecule has 0 aliphatic carbocycles. The van der Waals surface area contributed by atoms with Crippen LogP contribution in [0.4, 0.5) is 22.0 Å². The van der Waals surface area contributed by atoms with Gasteiger partial charge in [-0.25, -0.2) is 18.4 Å². The monoisotopic (exact) mass is 618 g/mol. The SMILES string of the molecule is O=C(/C=C\c1ccc(OCC2CO2)c(F)c1)Oc1ccc(OC(=O)/C=C\c2ccc(OCC3CO3)c(F)c2)c(C(F)(F)F)c1. The first-order valence-electron chi connectivity index (χ1n) is 13.1. The van der Waals surface area contributed by atoms with E-state index in [1.165, 1.54) is 30.3 Å². The van der Waals surface area contributed by atoms with Crippen molar-refractivity contribution in [1.82, 2.24) is 0 Å². The number of carbonyl (C=O) groups is 2. The van der Waals surface area contributed by atoms with Gasteiger partial charge in [0, 0.05) is 12.2 Å². The molecule has 0 radical (unpaired) electrons. The van der Waals surface area contributed by atoms with Crippen LogP contribution in [0.15, 0.2) is 66.7 Å². The summed E-state index contributed by atoms with van der Waals surface area (Å²) in [5, 5.41) is 0. The predicted molar refractivity (Wildman–Crippen MR) is 144 cm³/mol. The quantitative estimate of drug-likeness (QED) is 0.0830. The number of hydrogen-bond acceptors (Lipinski definition) is 8. The molecule has 0 amide bonds. The molecule has 2 aliphatic heterocycles. The van der Waals surface area contributed by atoms with Gasteiger partial charge < -0.3 is 28.4 Å². The summed E-state index contributed by atoms with van der Waals surface area (Å²) in [6, 6.07) is 10.1. The standard InChI is InChI=1S/C31H23F5O8/c32-24-11-18(1-6-27(24)41-16-21-14-39-21)3-9-29(37)43-20-5-8-26(23(13-20)31(34,35)36)44-30(38)10-4-19-2-7-28(25(33)12-19)42-17-22-15-40-22/h1-13,21-22H,14-17H2/b9-3-,10-4-. The number of alkyl halides is 3. The molecule has 0 aromatic heterocycles. The molecular weight excluding hydrogens is 595 g/mol. The van der Waals surface area contributed by atoms with Crippen molar-refractivity contribution >= 4 is 24.1 Å². The highest BCUT2D eigenvalue weighted by atomic mass is 19.4. The third-order valence-corrected chi connectivity index (χ3v) is 6.08. The van der Waals surface area contributed by atoms with Crippen molar-refractivity contribution in [2.75, 3.05) is 26.4 Å². The summed E-state index contributed by atoms with van der Waals surface area (Å²) in [7, 11) is 0.